The number of nitrogens with one attached hydrogen (secondary N) is 1. The topological polar surface area (TPSA) is 56.1 Å². The Labute approximate surface area is 124 Å². The van der Waals surface area contributed by atoms with Crippen molar-refractivity contribution < 1.29 is 9.53 Å². The van der Waals surface area contributed by atoms with Crippen LogP contribution in [-0.2, 0) is 9.53 Å². The van der Waals surface area contributed by atoms with Gasteiger partial charge in [0.05, 0.1) is 23.4 Å². The van der Waals surface area contributed by atoms with Crippen molar-refractivity contribution in [2.75, 3.05) is 13.2 Å². The summed E-state index contributed by atoms with van der Waals surface area (Å²) in [6.07, 6.45) is 4.19. The number of likely N-dealkylation sites (N-methyl/N-ethyl adjacent to an activating group) is 1. The molecule has 0 aromatic carbocycles. The predicted octanol–water partition coefficient (Wildman–Crippen LogP) is 2.48. The highest BCUT2D eigenvalue weighted by Gasteiger charge is 2.46. The van der Waals surface area contributed by atoms with Crippen LogP contribution in [0, 0.1) is 6.92 Å². The van der Waals surface area contributed by atoms with Gasteiger partial charge in [-0.05, 0) is 39.7 Å². The number of aryl methyl sites for hydroxylation is 1. The standard InChI is InChI=1S/C14H22ClN3O2/c1-4-16-14(13(19)20-5-2)7-6-11(8-14)18-9-12(15)10(3)17-18/h9,11,16H,4-8H2,1-3H3. The van der Waals surface area contributed by atoms with Gasteiger partial charge in [0.1, 0.15) is 5.54 Å². The van der Waals surface area contributed by atoms with E-state index < -0.39 is 5.54 Å². The number of carbonyl (C=O) groups is 1. The van der Waals surface area contributed by atoms with Crippen molar-refractivity contribution in [2.24, 2.45) is 0 Å². The van der Waals surface area contributed by atoms with E-state index in [0.717, 1.165) is 25.1 Å². The van der Waals surface area contributed by atoms with E-state index in [1.165, 1.54) is 0 Å². The quantitative estimate of drug-likeness (QED) is 0.849. The van der Waals surface area contributed by atoms with Crippen molar-refractivity contribution in [3.63, 3.8) is 0 Å². The minimum atomic E-state index is -0.582. The van der Waals surface area contributed by atoms with Gasteiger partial charge >= 0.3 is 5.97 Å². The Bertz CT molecular complexity index is 469. The van der Waals surface area contributed by atoms with Crippen LogP contribution in [0.4, 0.5) is 0 Å². The maximum atomic E-state index is 12.3. The molecule has 2 rings (SSSR count). The average Bonchev–Trinajstić information content (AvgIpc) is 2.97. The summed E-state index contributed by atoms with van der Waals surface area (Å²) in [7, 11) is 0. The van der Waals surface area contributed by atoms with E-state index >= 15 is 0 Å². The molecule has 0 aliphatic heterocycles. The zero-order valence-electron chi connectivity index (χ0n) is 12.3. The summed E-state index contributed by atoms with van der Waals surface area (Å²) in [5, 5.41) is 8.41. The summed E-state index contributed by atoms with van der Waals surface area (Å²) in [6, 6.07) is 0.185. The molecule has 0 saturated heterocycles. The number of aromatic nitrogens is 2. The van der Waals surface area contributed by atoms with Crippen LogP contribution in [0.3, 0.4) is 0 Å². The molecule has 1 aromatic heterocycles. The van der Waals surface area contributed by atoms with Gasteiger partial charge in [-0.3, -0.25) is 9.48 Å². The highest BCUT2D eigenvalue weighted by atomic mass is 35.5. The lowest BCUT2D eigenvalue weighted by Gasteiger charge is -2.27. The first-order valence-electron chi connectivity index (χ1n) is 7.16. The number of nitrogens with zero attached hydrogens (tertiary/aromatic N) is 2. The summed E-state index contributed by atoms with van der Waals surface area (Å²) >= 11 is 6.06. The molecule has 0 spiro atoms. The first-order chi connectivity index (χ1) is 9.52. The minimum Gasteiger partial charge on any atom is -0.465 e. The maximum Gasteiger partial charge on any atom is 0.326 e. The van der Waals surface area contributed by atoms with Crippen LogP contribution < -0.4 is 5.32 Å². The molecule has 1 heterocycles. The molecule has 1 fully saturated rings. The second-order valence-electron chi connectivity index (χ2n) is 5.27. The Morgan fingerprint density at radius 1 is 1.65 bits per heavy atom. The van der Waals surface area contributed by atoms with Gasteiger partial charge in [0, 0.05) is 6.20 Å². The van der Waals surface area contributed by atoms with Crippen LogP contribution >= 0.6 is 11.6 Å². The Kier molecular flexibility index (Phi) is 4.70. The number of hydrogen-bond acceptors (Lipinski definition) is 4. The van der Waals surface area contributed by atoms with Gasteiger partial charge in [0.25, 0.3) is 0 Å². The van der Waals surface area contributed by atoms with Crippen LogP contribution in [-0.4, -0.2) is 34.4 Å². The third-order valence-electron chi connectivity index (χ3n) is 3.90. The largest absolute Gasteiger partial charge is 0.465 e. The van der Waals surface area contributed by atoms with Crippen molar-refractivity contribution in [3.8, 4) is 0 Å². The minimum absolute atomic E-state index is 0.153. The molecule has 1 aliphatic carbocycles. The Hall–Kier alpha value is -1.07. The number of halogens is 1. The fourth-order valence-electron chi connectivity index (χ4n) is 2.92. The number of rotatable bonds is 5. The first kappa shape index (κ1) is 15.3. The SMILES string of the molecule is CCNC1(C(=O)OCC)CCC(n2cc(Cl)c(C)n2)C1. The van der Waals surface area contributed by atoms with Crippen LogP contribution in [0.1, 0.15) is 44.8 Å². The highest BCUT2D eigenvalue weighted by Crippen LogP contribution is 2.39. The van der Waals surface area contributed by atoms with Crippen molar-refractivity contribution in [3.05, 3.63) is 16.9 Å². The van der Waals surface area contributed by atoms with Gasteiger partial charge in [-0.2, -0.15) is 5.10 Å². The Morgan fingerprint density at radius 3 is 2.95 bits per heavy atom. The lowest BCUT2D eigenvalue weighted by atomic mass is 9.97. The third-order valence-corrected chi connectivity index (χ3v) is 4.27. The summed E-state index contributed by atoms with van der Waals surface area (Å²) in [4.78, 5) is 12.3. The van der Waals surface area contributed by atoms with Gasteiger partial charge in [0.15, 0.2) is 0 Å². The first-order valence-corrected chi connectivity index (χ1v) is 7.53. The summed E-state index contributed by atoms with van der Waals surface area (Å²) in [5.74, 6) is -0.153. The molecule has 1 N–H and O–H groups in total. The van der Waals surface area contributed by atoms with Crippen LogP contribution in [0.5, 0.6) is 0 Å². The molecule has 2 unspecified atom stereocenters. The molecule has 112 valence electrons. The summed E-state index contributed by atoms with van der Waals surface area (Å²) in [5.41, 5.74) is 0.241. The number of esters is 1. The van der Waals surface area contributed by atoms with E-state index in [1.54, 1.807) is 0 Å². The normalized spacial score (nSPS) is 25.9. The van der Waals surface area contributed by atoms with Crippen LogP contribution in [0.15, 0.2) is 6.20 Å². The van der Waals surface area contributed by atoms with E-state index in [9.17, 15) is 4.79 Å². The lowest BCUT2D eigenvalue weighted by molar-refractivity contribution is -0.151. The molecular formula is C14H22ClN3O2. The van der Waals surface area contributed by atoms with Crippen LogP contribution in [0.2, 0.25) is 5.02 Å². The molecule has 1 aromatic rings. The smallest absolute Gasteiger partial charge is 0.326 e. The average molecular weight is 300 g/mol. The molecule has 0 amide bonds. The lowest BCUT2D eigenvalue weighted by Crippen LogP contribution is -2.51. The van der Waals surface area contributed by atoms with Gasteiger partial charge < -0.3 is 10.1 Å². The molecule has 2 atom stereocenters. The van der Waals surface area contributed by atoms with Crippen molar-refractivity contribution in [1.82, 2.24) is 15.1 Å². The molecule has 20 heavy (non-hydrogen) atoms. The van der Waals surface area contributed by atoms with Gasteiger partial charge in [-0.25, -0.2) is 0 Å². The maximum absolute atomic E-state index is 12.3. The zero-order chi connectivity index (χ0) is 14.8. The second kappa shape index (κ2) is 6.14. The molecule has 0 radical (unpaired) electrons. The molecular weight excluding hydrogens is 278 g/mol. The highest BCUT2D eigenvalue weighted by molar-refractivity contribution is 6.31. The summed E-state index contributed by atoms with van der Waals surface area (Å²) < 4.78 is 7.12. The van der Waals surface area contributed by atoms with Crippen molar-refractivity contribution >= 4 is 17.6 Å². The van der Waals surface area contributed by atoms with Crippen molar-refractivity contribution in [1.29, 1.82) is 0 Å². The molecule has 1 aliphatic rings. The molecule has 6 heteroatoms. The monoisotopic (exact) mass is 299 g/mol. The van der Waals surface area contributed by atoms with Crippen LogP contribution in [0.25, 0.3) is 0 Å². The van der Waals surface area contributed by atoms with E-state index in [-0.39, 0.29) is 12.0 Å². The fourth-order valence-corrected chi connectivity index (χ4v) is 3.06. The van der Waals surface area contributed by atoms with E-state index in [2.05, 4.69) is 10.4 Å². The van der Waals surface area contributed by atoms with E-state index in [0.29, 0.717) is 18.1 Å². The number of hydrogen-bond donors (Lipinski definition) is 1. The Morgan fingerprint density at radius 2 is 2.40 bits per heavy atom. The van der Waals surface area contributed by atoms with Gasteiger partial charge in [0.2, 0.25) is 0 Å². The zero-order valence-corrected chi connectivity index (χ0v) is 13.0. The van der Waals surface area contributed by atoms with Gasteiger partial charge in [-0.1, -0.05) is 18.5 Å². The number of ether oxygens (including phenoxy) is 1. The molecule has 0 bridgehead atoms. The second-order valence-corrected chi connectivity index (χ2v) is 5.68. The van der Waals surface area contributed by atoms with E-state index in [1.807, 2.05) is 31.6 Å². The van der Waals surface area contributed by atoms with Gasteiger partial charge in [-0.15, -0.1) is 0 Å². The predicted molar refractivity (Wildman–Crippen MR) is 77.9 cm³/mol. The number of carbonyl (C=O) groups excluding carboxylic acids is 1. The van der Waals surface area contributed by atoms with E-state index in [4.69, 9.17) is 16.3 Å². The molecule has 1 saturated carbocycles. The third kappa shape index (κ3) is 2.83. The fraction of sp³-hybridized carbons (Fsp3) is 0.714. The summed E-state index contributed by atoms with van der Waals surface area (Å²) in [6.45, 7) is 6.87. The molecule has 5 nitrogen and oxygen atoms in total. The Balaban J connectivity index is 2.16. The van der Waals surface area contributed by atoms with Crippen molar-refractivity contribution in [2.45, 2.75) is 51.6 Å².